The Labute approximate surface area is 109 Å². The summed E-state index contributed by atoms with van der Waals surface area (Å²) in [5.74, 6) is 1.39. The Morgan fingerprint density at radius 2 is 1.78 bits per heavy atom. The molecule has 0 aliphatic carbocycles. The molecule has 0 fully saturated rings. The van der Waals surface area contributed by atoms with Crippen molar-refractivity contribution in [2.45, 2.75) is 26.4 Å². The molecule has 0 atom stereocenters. The van der Waals surface area contributed by atoms with Crippen LogP contribution in [0, 0.1) is 6.92 Å². The van der Waals surface area contributed by atoms with E-state index in [0.29, 0.717) is 12.5 Å². The highest BCUT2D eigenvalue weighted by Crippen LogP contribution is 2.23. The smallest absolute Gasteiger partial charge is 0.120 e. The zero-order chi connectivity index (χ0) is 13.0. The molecule has 1 nitrogen and oxygen atoms in total. The summed E-state index contributed by atoms with van der Waals surface area (Å²) >= 11 is 0. The van der Waals surface area contributed by atoms with Crippen molar-refractivity contribution in [1.82, 2.24) is 0 Å². The van der Waals surface area contributed by atoms with E-state index in [1.54, 1.807) is 0 Å². The van der Waals surface area contributed by atoms with Gasteiger partial charge in [-0.25, -0.2) is 0 Å². The van der Waals surface area contributed by atoms with Gasteiger partial charge < -0.3 is 4.74 Å². The van der Waals surface area contributed by atoms with E-state index >= 15 is 0 Å². The molecule has 0 aromatic heterocycles. The molecule has 0 saturated carbocycles. The van der Waals surface area contributed by atoms with Gasteiger partial charge in [0.1, 0.15) is 12.4 Å². The Kier molecular flexibility index (Phi) is 4.03. The van der Waals surface area contributed by atoms with Crippen LogP contribution in [0.4, 0.5) is 0 Å². The quantitative estimate of drug-likeness (QED) is 0.759. The average molecular weight is 239 g/mol. The Morgan fingerprint density at radius 3 is 2.44 bits per heavy atom. The second-order valence-electron chi connectivity index (χ2n) is 4.84. The predicted octanol–water partition coefficient (Wildman–Crippen LogP) is 4.57. The molecule has 93 valence electrons. The molecule has 2 aromatic carbocycles. The topological polar surface area (TPSA) is 9.23 Å². The van der Waals surface area contributed by atoms with E-state index < -0.39 is 0 Å². The van der Waals surface area contributed by atoms with Gasteiger partial charge in [-0.15, -0.1) is 0 Å². The highest BCUT2D eigenvalue weighted by molar-refractivity contribution is 5.37. The summed E-state index contributed by atoms with van der Waals surface area (Å²) in [5, 5.41) is 0. The SMILES string of the molecule is [CH2]c1cc(OCc2ccccc2)cc(C(C)C)c1. The van der Waals surface area contributed by atoms with Gasteiger partial charge in [0.25, 0.3) is 0 Å². The van der Waals surface area contributed by atoms with Crippen molar-refractivity contribution >= 4 is 0 Å². The van der Waals surface area contributed by atoms with Crippen molar-refractivity contribution in [3.8, 4) is 5.75 Å². The van der Waals surface area contributed by atoms with Crippen molar-refractivity contribution < 1.29 is 4.74 Å². The molecule has 2 rings (SSSR count). The molecule has 0 aliphatic heterocycles. The van der Waals surface area contributed by atoms with E-state index in [0.717, 1.165) is 11.3 Å². The lowest BCUT2D eigenvalue weighted by molar-refractivity contribution is 0.305. The largest absolute Gasteiger partial charge is 0.489 e. The number of ether oxygens (including phenoxy) is 1. The summed E-state index contributed by atoms with van der Waals surface area (Å²) in [4.78, 5) is 0. The lowest BCUT2D eigenvalue weighted by atomic mass is 10.0. The van der Waals surface area contributed by atoms with Gasteiger partial charge in [0, 0.05) is 0 Å². The van der Waals surface area contributed by atoms with Gasteiger partial charge in [-0.2, -0.15) is 0 Å². The predicted molar refractivity (Wildman–Crippen MR) is 75.8 cm³/mol. The van der Waals surface area contributed by atoms with E-state index in [1.165, 1.54) is 11.1 Å². The van der Waals surface area contributed by atoms with E-state index in [-0.39, 0.29) is 0 Å². The van der Waals surface area contributed by atoms with Gasteiger partial charge in [0.05, 0.1) is 0 Å². The van der Waals surface area contributed by atoms with Crippen LogP contribution in [-0.4, -0.2) is 0 Å². The molecule has 1 heteroatoms. The normalized spacial score (nSPS) is 10.7. The van der Waals surface area contributed by atoms with Crippen molar-refractivity contribution in [2.24, 2.45) is 0 Å². The molecular formula is C17H19O. The molecule has 0 N–H and O–H groups in total. The standard InChI is InChI=1S/C17H19O/c1-13(2)16-9-14(3)10-17(11-16)18-12-15-7-5-4-6-8-15/h4-11,13H,3,12H2,1-2H3. The maximum atomic E-state index is 5.82. The number of hydrogen-bond acceptors (Lipinski definition) is 1. The molecule has 0 saturated heterocycles. The van der Waals surface area contributed by atoms with Crippen LogP contribution in [0.3, 0.4) is 0 Å². The van der Waals surface area contributed by atoms with Crippen molar-refractivity contribution in [3.05, 3.63) is 72.1 Å². The number of hydrogen-bond donors (Lipinski definition) is 0. The van der Waals surface area contributed by atoms with Crippen LogP contribution in [0.5, 0.6) is 5.75 Å². The number of rotatable bonds is 4. The molecule has 0 spiro atoms. The molecule has 2 aromatic rings. The third-order valence-electron chi connectivity index (χ3n) is 2.90. The van der Waals surface area contributed by atoms with Gasteiger partial charge in [-0.1, -0.05) is 50.2 Å². The Bertz CT molecular complexity index is 500. The maximum absolute atomic E-state index is 5.82. The summed E-state index contributed by atoms with van der Waals surface area (Å²) < 4.78 is 5.82. The Hall–Kier alpha value is -1.76. The van der Waals surface area contributed by atoms with Gasteiger partial charge >= 0.3 is 0 Å². The van der Waals surface area contributed by atoms with Gasteiger partial charge in [0.2, 0.25) is 0 Å². The van der Waals surface area contributed by atoms with E-state index in [1.807, 2.05) is 24.3 Å². The molecule has 0 heterocycles. The third kappa shape index (κ3) is 3.36. The van der Waals surface area contributed by atoms with Gasteiger partial charge in [0.15, 0.2) is 0 Å². The van der Waals surface area contributed by atoms with E-state index in [4.69, 9.17) is 4.74 Å². The third-order valence-corrected chi connectivity index (χ3v) is 2.90. The van der Waals surface area contributed by atoms with Crippen molar-refractivity contribution in [3.63, 3.8) is 0 Å². The van der Waals surface area contributed by atoms with Gasteiger partial charge in [-0.3, -0.25) is 0 Å². The highest BCUT2D eigenvalue weighted by Gasteiger charge is 2.03. The molecule has 0 amide bonds. The second kappa shape index (κ2) is 5.72. The zero-order valence-electron chi connectivity index (χ0n) is 11.0. The fourth-order valence-electron chi connectivity index (χ4n) is 1.84. The summed E-state index contributed by atoms with van der Waals surface area (Å²) in [7, 11) is 0. The molecule has 0 aliphatic rings. The first-order valence-corrected chi connectivity index (χ1v) is 6.29. The summed E-state index contributed by atoms with van der Waals surface area (Å²) in [6.45, 7) is 8.95. The van der Waals surface area contributed by atoms with Crippen LogP contribution in [-0.2, 0) is 6.61 Å². The molecule has 0 unspecified atom stereocenters. The minimum atomic E-state index is 0.491. The van der Waals surface area contributed by atoms with Crippen LogP contribution in [0.1, 0.15) is 36.5 Å². The van der Waals surface area contributed by atoms with Crippen molar-refractivity contribution in [2.75, 3.05) is 0 Å². The van der Waals surface area contributed by atoms with Crippen LogP contribution >= 0.6 is 0 Å². The fraction of sp³-hybridized carbons (Fsp3) is 0.235. The summed E-state index contributed by atoms with van der Waals surface area (Å²) in [6, 6.07) is 16.4. The zero-order valence-corrected chi connectivity index (χ0v) is 11.0. The van der Waals surface area contributed by atoms with Crippen LogP contribution in [0.15, 0.2) is 48.5 Å². The summed E-state index contributed by atoms with van der Waals surface area (Å²) in [5.41, 5.74) is 3.45. The minimum absolute atomic E-state index is 0.491. The van der Waals surface area contributed by atoms with E-state index in [9.17, 15) is 0 Å². The molecular weight excluding hydrogens is 220 g/mol. The first kappa shape index (κ1) is 12.7. The van der Waals surface area contributed by atoms with Crippen LogP contribution < -0.4 is 4.74 Å². The minimum Gasteiger partial charge on any atom is -0.489 e. The van der Waals surface area contributed by atoms with Crippen LogP contribution in [0.25, 0.3) is 0 Å². The second-order valence-corrected chi connectivity index (χ2v) is 4.84. The first-order valence-electron chi connectivity index (χ1n) is 6.29. The maximum Gasteiger partial charge on any atom is 0.120 e. The van der Waals surface area contributed by atoms with Gasteiger partial charge in [-0.05, 0) is 41.7 Å². The lowest BCUT2D eigenvalue weighted by Gasteiger charge is -2.11. The Morgan fingerprint density at radius 1 is 1.06 bits per heavy atom. The van der Waals surface area contributed by atoms with Crippen LogP contribution in [0.2, 0.25) is 0 Å². The molecule has 1 radical (unpaired) electrons. The first-order chi connectivity index (χ1) is 8.65. The molecule has 0 bridgehead atoms. The monoisotopic (exact) mass is 239 g/mol. The molecule has 18 heavy (non-hydrogen) atoms. The Balaban J connectivity index is 2.10. The summed E-state index contributed by atoms with van der Waals surface area (Å²) in [6.07, 6.45) is 0. The van der Waals surface area contributed by atoms with E-state index in [2.05, 4.69) is 45.0 Å². The highest BCUT2D eigenvalue weighted by atomic mass is 16.5. The lowest BCUT2D eigenvalue weighted by Crippen LogP contribution is -1.97. The fourth-order valence-corrected chi connectivity index (χ4v) is 1.84. The van der Waals surface area contributed by atoms with Crippen molar-refractivity contribution in [1.29, 1.82) is 0 Å². The number of benzene rings is 2. The average Bonchev–Trinajstić information content (AvgIpc) is 2.37.